The van der Waals surface area contributed by atoms with E-state index in [1.165, 1.54) is 0 Å². The number of hydrogen-bond donors (Lipinski definition) is 1. The van der Waals surface area contributed by atoms with Crippen molar-refractivity contribution in [1.82, 2.24) is 4.90 Å². The van der Waals surface area contributed by atoms with Crippen LogP contribution in [0.5, 0.6) is 0 Å². The molecule has 1 saturated heterocycles. The first-order valence-electron chi connectivity index (χ1n) is 9.73. The van der Waals surface area contributed by atoms with Crippen molar-refractivity contribution in [3.8, 4) is 0 Å². The van der Waals surface area contributed by atoms with Gasteiger partial charge in [0.15, 0.2) is 0 Å². The number of piperazine rings is 1. The fourth-order valence-electron chi connectivity index (χ4n) is 3.47. The van der Waals surface area contributed by atoms with Crippen molar-refractivity contribution in [3.05, 3.63) is 59.7 Å². The number of aryl methyl sites for hydroxylation is 2. The first-order chi connectivity index (χ1) is 13.9. The summed E-state index contributed by atoms with van der Waals surface area (Å²) in [6.45, 7) is 6.51. The second kappa shape index (κ2) is 9.69. The highest BCUT2D eigenvalue weighted by Crippen LogP contribution is 2.19. The Kier molecular flexibility index (Phi) is 7.04. The highest BCUT2D eigenvalue weighted by atomic mass is 32.2. The van der Waals surface area contributed by atoms with Crippen LogP contribution in [-0.2, 0) is 20.4 Å². The van der Waals surface area contributed by atoms with Gasteiger partial charge in [-0.3, -0.25) is 13.8 Å². The molecule has 0 unspecified atom stereocenters. The van der Waals surface area contributed by atoms with E-state index in [4.69, 9.17) is 0 Å². The highest BCUT2D eigenvalue weighted by molar-refractivity contribution is 7.86. The smallest absolute Gasteiger partial charge is 0.237 e. The molecule has 2 aromatic rings. The zero-order valence-electron chi connectivity index (χ0n) is 16.9. The van der Waals surface area contributed by atoms with Gasteiger partial charge < -0.3 is 15.1 Å². The van der Waals surface area contributed by atoms with E-state index in [9.17, 15) is 13.8 Å². The van der Waals surface area contributed by atoms with Gasteiger partial charge in [-0.05, 0) is 37.1 Å². The number of benzene rings is 2. The number of nitrogens with one attached hydrogen (secondary N) is 1. The van der Waals surface area contributed by atoms with E-state index < -0.39 is 10.8 Å². The van der Waals surface area contributed by atoms with Crippen molar-refractivity contribution >= 4 is 34.0 Å². The number of hydrogen-bond acceptors (Lipinski definition) is 4. The fourth-order valence-corrected chi connectivity index (χ4v) is 4.39. The molecule has 2 amide bonds. The van der Waals surface area contributed by atoms with Gasteiger partial charge in [0.25, 0.3) is 0 Å². The minimum atomic E-state index is -1.53. The van der Waals surface area contributed by atoms with Crippen molar-refractivity contribution in [2.75, 3.05) is 47.9 Å². The molecular formula is C22H27N3O3S. The molecule has 3 rings (SSSR count). The molecule has 7 heteroatoms. The van der Waals surface area contributed by atoms with Crippen molar-refractivity contribution in [1.29, 1.82) is 0 Å². The van der Waals surface area contributed by atoms with Crippen molar-refractivity contribution in [2.45, 2.75) is 13.8 Å². The number of para-hydroxylation sites is 2. The van der Waals surface area contributed by atoms with E-state index in [1.54, 1.807) is 4.90 Å². The monoisotopic (exact) mass is 413 g/mol. The van der Waals surface area contributed by atoms with Gasteiger partial charge in [-0.15, -0.1) is 0 Å². The van der Waals surface area contributed by atoms with Crippen LogP contribution >= 0.6 is 0 Å². The van der Waals surface area contributed by atoms with Crippen LogP contribution in [0.1, 0.15) is 11.1 Å². The first-order valence-corrected chi connectivity index (χ1v) is 11.2. The maximum absolute atomic E-state index is 12.5. The Hall–Kier alpha value is -2.67. The molecule has 0 spiro atoms. The van der Waals surface area contributed by atoms with Crippen LogP contribution in [0.25, 0.3) is 0 Å². The summed E-state index contributed by atoms with van der Waals surface area (Å²) in [6, 6.07) is 15.8. The van der Waals surface area contributed by atoms with Gasteiger partial charge in [0, 0.05) is 48.4 Å². The van der Waals surface area contributed by atoms with E-state index in [0.717, 1.165) is 35.6 Å². The minimum Gasteiger partial charge on any atom is -0.368 e. The Labute approximate surface area is 174 Å². The molecule has 6 nitrogen and oxygen atoms in total. The number of amides is 2. The SMILES string of the molecule is Cc1cccc(C)c1NC(=O)C[S@](=O)CC(=O)N1CCN(c2ccccc2)CC1. The third-order valence-corrected chi connectivity index (χ3v) is 6.23. The van der Waals surface area contributed by atoms with Crippen LogP contribution in [0, 0.1) is 13.8 Å². The lowest BCUT2D eigenvalue weighted by Crippen LogP contribution is -2.50. The van der Waals surface area contributed by atoms with Crippen LogP contribution in [0.15, 0.2) is 48.5 Å². The quantitative estimate of drug-likeness (QED) is 0.789. The largest absolute Gasteiger partial charge is 0.368 e. The van der Waals surface area contributed by atoms with Crippen LogP contribution < -0.4 is 10.2 Å². The molecular weight excluding hydrogens is 386 g/mol. The molecule has 1 fully saturated rings. The van der Waals surface area contributed by atoms with Gasteiger partial charge in [-0.1, -0.05) is 36.4 Å². The van der Waals surface area contributed by atoms with Gasteiger partial charge >= 0.3 is 0 Å². The highest BCUT2D eigenvalue weighted by Gasteiger charge is 2.23. The molecule has 1 N–H and O–H groups in total. The van der Waals surface area contributed by atoms with Crippen molar-refractivity contribution < 1.29 is 13.8 Å². The van der Waals surface area contributed by atoms with E-state index in [-0.39, 0.29) is 23.3 Å². The summed E-state index contributed by atoms with van der Waals surface area (Å²) in [5, 5.41) is 2.82. The third kappa shape index (κ3) is 5.67. The Morgan fingerprint density at radius 2 is 1.52 bits per heavy atom. The van der Waals surface area contributed by atoms with E-state index in [2.05, 4.69) is 22.3 Å². The predicted molar refractivity (Wildman–Crippen MR) is 118 cm³/mol. The van der Waals surface area contributed by atoms with Crippen LogP contribution in [0.2, 0.25) is 0 Å². The third-order valence-electron chi connectivity index (χ3n) is 5.08. The normalized spacial score (nSPS) is 15.1. The van der Waals surface area contributed by atoms with Crippen LogP contribution in [0.4, 0.5) is 11.4 Å². The lowest BCUT2D eigenvalue weighted by atomic mass is 10.1. The molecule has 154 valence electrons. The van der Waals surface area contributed by atoms with E-state index in [1.807, 2.05) is 50.2 Å². The molecule has 1 atom stereocenters. The molecule has 29 heavy (non-hydrogen) atoms. The topological polar surface area (TPSA) is 69.7 Å². The number of carbonyl (C=O) groups is 2. The summed E-state index contributed by atoms with van der Waals surface area (Å²) in [6.07, 6.45) is 0. The molecule has 0 bridgehead atoms. The Bertz CT molecular complexity index is 873. The average Bonchev–Trinajstić information content (AvgIpc) is 2.71. The second-order valence-corrected chi connectivity index (χ2v) is 8.70. The standard InChI is InChI=1S/C22H27N3O3S/c1-17-7-6-8-18(2)22(17)23-20(26)15-29(28)16-21(27)25-13-11-24(12-14-25)19-9-4-3-5-10-19/h3-10H,11-16H2,1-2H3,(H,23,26)/t29-/m0/s1. The van der Waals surface area contributed by atoms with Crippen molar-refractivity contribution in [2.24, 2.45) is 0 Å². The lowest BCUT2D eigenvalue weighted by Gasteiger charge is -2.36. The Morgan fingerprint density at radius 1 is 0.897 bits per heavy atom. The average molecular weight is 414 g/mol. The molecule has 0 aliphatic carbocycles. The summed E-state index contributed by atoms with van der Waals surface area (Å²) < 4.78 is 12.3. The van der Waals surface area contributed by atoms with Gasteiger partial charge in [0.2, 0.25) is 11.8 Å². The van der Waals surface area contributed by atoms with Crippen LogP contribution in [0.3, 0.4) is 0 Å². The Balaban J connectivity index is 1.46. The molecule has 0 saturated carbocycles. The molecule has 2 aromatic carbocycles. The van der Waals surface area contributed by atoms with Crippen LogP contribution in [-0.4, -0.2) is 58.6 Å². The fraction of sp³-hybridized carbons (Fsp3) is 0.364. The number of rotatable bonds is 6. The summed E-state index contributed by atoms with van der Waals surface area (Å²) >= 11 is 0. The lowest BCUT2D eigenvalue weighted by molar-refractivity contribution is -0.128. The minimum absolute atomic E-state index is 0.120. The van der Waals surface area contributed by atoms with Crippen molar-refractivity contribution in [3.63, 3.8) is 0 Å². The van der Waals surface area contributed by atoms with Gasteiger partial charge in [0.05, 0.1) is 0 Å². The Morgan fingerprint density at radius 3 is 2.14 bits per heavy atom. The maximum atomic E-state index is 12.5. The van der Waals surface area contributed by atoms with Gasteiger partial charge in [0.1, 0.15) is 11.5 Å². The zero-order valence-corrected chi connectivity index (χ0v) is 17.7. The first kappa shape index (κ1) is 21.0. The number of nitrogens with zero attached hydrogens (tertiary/aromatic N) is 2. The summed E-state index contributed by atoms with van der Waals surface area (Å²) in [7, 11) is -1.53. The summed E-state index contributed by atoms with van der Waals surface area (Å²) in [5.41, 5.74) is 3.80. The summed E-state index contributed by atoms with van der Waals surface area (Å²) in [4.78, 5) is 28.7. The molecule has 1 aliphatic heterocycles. The summed E-state index contributed by atoms with van der Waals surface area (Å²) in [5.74, 6) is -0.784. The second-order valence-electron chi connectivity index (χ2n) is 7.25. The van der Waals surface area contributed by atoms with Gasteiger partial charge in [-0.2, -0.15) is 0 Å². The van der Waals surface area contributed by atoms with E-state index in [0.29, 0.717) is 13.1 Å². The molecule has 0 radical (unpaired) electrons. The zero-order chi connectivity index (χ0) is 20.8. The van der Waals surface area contributed by atoms with Gasteiger partial charge in [-0.25, -0.2) is 0 Å². The predicted octanol–water partition coefficient (Wildman–Crippen LogP) is 2.34. The molecule has 1 aliphatic rings. The van der Waals surface area contributed by atoms with E-state index >= 15 is 0 Å². The molecule has 1 heterocycles. The molecule has 0 aromatic heterocycles. The number of anilines is 2. The maximum Gasteiger partial charge on any atom is 0.237 e. The number of carbonyl (C=O) groups excluding carboxylic acids is 2.